The van der Waals surface area contributed by atoms with Crippen LogP contribution in [0.4, 0.5) is 14.9 Å². The summed E-state index contributed by atoms with van der Waals surface area (Å²) >= 11 is 0. The number of hydrogen-bond acceptors (Lipinski definition) is 3. The molecule has 0 bridgehead atoms. The molecule has 1 unspecified atom stereocenters. The molecule has 7 heteroatoms. The van der Waals surface area contributed by atoms with Crippen molar-refractivity contribution in [1.82, 2.24) is 20.1 Å². The molecule has 2 aromatic carbocycles. The van der Waals surface area contributed by atoms with Crippen molar-refractivity contribution in [3.05, 3.63) is 65.7 Å². The molecule has 144 valence electrons. The third kappa shape index (κ3) is 3.74. The Labute approximate surface area is 162 Å². The molecule has 1 atom stereocenters. The Bertz CT molecular complexity index is 969. The molecule has 2 heterocycles. The molecule has 6 nitrogen and oxygen atoms in total. The first-order valence-corrected chi connectivity index (χ1v) is 9.49. The van der Waals surface area contributed by atoms with E-state index >= 15 is 0 Å². The normalized spacial score (nSPS) is 16.4. The van der Waals surface area contributed by atoms with Gasteiger partial charge in [-0.3, -0.25) is 5.10 Å². The van der Waals surface area contributed by atoms with Gasteiger partial charge < -0.3 is 10.2 Å². The summed E-state index contributed by atoms with van der Waals surface area (Å²) in [4.78, 5) is 19.2. The summed E-state index contributed by atoms with van der Waals surface area (Å²) in [6.45, 7) is 2.75. The first kappa shape index (κ1) is 18.2. The van der Waals surface area contributed by atoms with Crippen molar-refractivity contribution >= 4 is 11.7 Å². The number of halogens is 1. The van der Waals surface area contributed by atoms with Crippen LogP contribution in [0.15, 0.2) is 48.5 Å². The average Bonchev–Trinajstić information content (AvgIpc) is 3.38. The Balaban J connectivity index is 1.50. The zero-order valence-corrected chi connectivity index (χ0v) is 15.7. The third-order valence-electron chi connectivity index (χ3n) is 5.02. The minimum atomic E-state index is -0.301. The van der Waals surface area contributed by atoms with Crippen LogP contribution in [-0.4, -0.2) is 32.7 Å². The summed E-state index contributed by atoms with van der Waals surface area (Å²) in [7, 11) is 0. The van der Waals surface area contributed by atoms with Gasteiger partial charge in [0.15, 0.2) is 5.82 Å². The number of aromatic nitrogens is 3. The molecule has 1 saturated heterocycles. The topological polar surface area (TPSA) is 73.9 Å². The molecule has 0 radical (unpaired) electrons. The van der Waals surface area contributed by atoms with Crippen LogP contribution in [0.3, 0.4) is 0 Å². The van der Waals surface area contributed by atoms with Gasteiger partial charge >= 0.3 is 6.03 Å². The number of carbonyl (C=O) groups excluding carboxylic acids is 1. The predicted molar refractivity (Wildman–Crippen MR) is 105 cm³/mol. The highest BCUT2D eigenvalue weighted by atomic mass is 19.1. The Hall–Kier alpha value is -3.22. The molecule has 1 aliphatic rings. The van der Waals surface area contributed by atoms with Crippen molar-refractivity contribution in [3.63, 3.8) is 0 Å². The highest BCUT2D eigenvalue weighted by Crippen LogP contribution is 2.31. The molecule has 4 rings (SSSR count). The molecule has 1 fully saturated rings. The molecule has 1 aromatic heterocycles. The van der Waals surface area contributed by atoms with E-state index in [2.05, 4.69) is 27.4 Å². The molecular formula is C21H22FN5O. The molecular weight excluding hydrogens is 357 g/mol. The lowest BCUT2D eigenvalue weighted by Crippen LogP contribution is -2.34. The molecule has 0 spiro atoms. The minimum Gasteiger partial charge on any atom is -0.314 e. The lowest BCUT2D eigenvalue weighted by Gasteiger charge is -2.23. The van der Waals surface area contributed by atoms with Crippen molar-refractivity contribution in [3.8, 4) is 11.4 Å². The lowest BCUT2D eigenvalue weighted by atomic mass is 10.1. The Morgan fingerprint density at radius 2 is 2.11 bits per heavy atom. The van der Waals surface area contributed by atoms with Gasteiger partial charge in [-0.15, -0.1) is 0 Å². The standard InChI is InChI=1S/C21H22FN5O/c1-2-14-5-3-6-17(13-14)23-21(28)27-12-4-7-18(27)20-24-19(25-26-20)15-8-10-16(22)11-9-15/h3,5-6,8-11,13,18H,2,4,7,12H2,1H3,(H,23,28)(H,24,25,26). The predicted octanol–water partition coefficient (Wildman–Crippen LogP) is 4.54. The lowest BCUT2D eigenvalue weighted by molar-refractivity contribution is 0.205. The van der Waals surface area contributed by atoms with E-state index in [1.807, 2.05) is 24.3 Å². The number of H-pyrrole nitrogens is 1. The number of carbonyl (C=O) groups is 1. The summed E-state index contributed by atoms with van der Waals surface area (Å²) in [6, 6.07) is 13.6. The molecule has 1 aliphatic heterocycles. The minimum absolute atomic E-state index is 0.143. The number of nitrogens with zero attached hydrogens (tertiary/aromatic N) is 3. The summed E-state index contributed by atoms with van der Waals surface area (Å²) in [6.07, 6.45) is 2.64. The Kier molecular flexibility index (Phi) is 5.06. The van der Waals surface area contributed by atoms with E-state index < -0.39 is 0 Å². The fraction of sp³-hybridized carbons (Fsp3) is 0.286. The van der Waals surface area contributed by atoms with Crippen LogP contribution < -0.4 is 5.32 Å². The molecule has 0 saturated carbocycles. The van der Waals surface area contributed by atoms with Crippen LogP contribution in [0.1, 0.15) is 37.2 Å². The van der Waals surface area contributed by atoms with Crippen molar-refractivity contribution in [2.45, 2.75) is 32.2 Å². The average molecular weight is 379 g/mol. The number of urea groups is 1. The number of hydrogen-bond donors (Lipinski definition) is 2. The summed E-state index contributed by atoms with van der Waals surface area (Å²) in [5, 5.41) is 10.2. The number of rotatable bonds is 4. The fourth-order valence-electron chi connectivity index (χ4n) is 3.51. The van der Waals surface area contributed by atoms with Gasteiger partial charge in [0, 0.05) is 17.8 Å². The third-order valence-corrected chi connectivity index (χ3v) is 5.02. The number of likely N-dealkylation sites (tertiary alicyclic amines) is 1. The van der Waals surface area contributed by atoms with Crippen LogP contribution in [0.5, 0.6) is 0 Å². The number of benzene rings is 2. The zero-order valence-electron chi connectivity index (χ0n) is 15.7. The zero-order chi connectivity index (χ0) is 19.5. The van der Waals surface area contributed by atoms with E-state index in [1.165, 1.54) is 17.7 Å². The SMILES string of the molecule is CCc1cccc(NC(=O)N2CCCC2c2nc(-c3ccc(F)cc3)n[nH]2)c1. The maximum Gasteiger partial charge on any atom is 0.322 e. The van der Waals surface area contributed by atoms with Crippen molar-refractivity contribution < 1.29 is 9.18 Å². The molecule has 2 amide bonds. The summed E-state index contributed by atoms with van der Waals surface area (Å²) < 4.78 is 13.1. The number of amides is 2. The van der Waals surface area contributed by atoms with Crippen LogP contribution in [0.2, 0.25) is 0 Å². The van der Waals surface area contributed by atoms with E-state index in [0.29, 0.717) is 18.2 Å². The Morgan fingerprint density at radius 3 is 2.89 bits per heavy atom. The molecule has 0 aliphatic carbocycles. The van der Waals surface area contributed by atoms with Gasteiger partial charge in [0.25, 0.3) is 0 Å². The number of anilines is 1. The molecule has 28 heavy (non-hydrogen) atoms. The highest BCUT2D eigenvalue weighted by molar-refractivity contribution is 5.89. The first-order valence-electron chi connectivity index (χ1n) is 9.49. The fourth-order valence-corrected chi connectivity index (χ4v) is 3.51. The summed E-state index contributed by atoms with van der Waals surface area (Å²) in [5.74, 6) is 0.845. The van der Waals surface area contributed by atoms with Gasteiger partial charge in [0.2, 0.25) is 0 Å². The van der Waals surface area contributed by atoms with Gasteiger partial charge in [-0.25, -0.2) is 14.2 Å². The number of nitrogens with one attached hydrogen (secondary N) is 2. The molecule has 2 N–H and O–H groups in total. The van der Waals surface area contributed by atoms with Crippen LogP contribution >= 0.6 is 0 Å². The monoisotopic (exact) mass is 379 g/mol. The second-order valence-corrected chi connectivity index (χ2v) is 6.89. The maximum absolute atomic E-state index is 13.1. The van der Waals surface area contributed by atoms with Gasteiger partial charge in [-0.1, -0.05) is 19.1 Å². The quantitative estimate of drug-likeness (QED) is 0.699. The second kappa shape index (κ2) is 7.80. The van der Waals surface area contributed by atoms with E-state index in [-0.39, 0.29) is 17.9 Å². The van der Waals surface area contributed by atoms with Crippen LogP contribution in [-0.2, 0) is 6.42 Å². The molecule has 3 aromatic rings. The van der Waals surface area contributed by atoms with E-state index in [1.54, 1.807) is 17.0 Å². The van der Waals surface area contributed by atoms with Crippen LogP contribution in [0, 0.1) is 5.82 Å². The second-order valence-electron chi connectivity index (χ2n) is 6.89. The smallest absolute Gasteiger partial charge is 0.314 e. The van der Waals surface area contributed by atoms with E-state index in [4.69, 9.17) is 0 Å². The van der Waals surface area contributed by atoms with Crippen molar-refractivity contribution in [1.29, 1.82) is 0 Å². The van der Waals surface area contributed by atoms with Crippen molar-refractivity contribution in [2.75, 3.05) is 11.9 Å². The Morgan fingerprint density at radius 1 is 1.29 bits per heavy atom. The van der Waals surface area contributed by atoms with E-state index in [9.17, 15) is 9.18 Å². The van der Waals surface area contributed by atoms with E-state index in [0.717, 1.165) is 30.5 Å². The maximum atomic E-state index is 13.1. The van der Waals surface area contributed by atoms with Gasteiger partial charge in [0.1, 0.15) is 11.6 Å². The van der Waals surface area contributed by atoms with Crippen LogP contribution in [0.25, 0.3) is 11.4 Å². The van der Waals surface area contributed by atoms with Crippen molar-refractivity contribution in [2.24, 2.45) is 0 Å². The number of aryl methyl sites for hydroxylation is 1. The van der Waals surface area contributed by atoms with Gasteiger partial charge in [-0.2, -0.15) is 5.10 Å². The van der Waals surface area contributed by atoms with Gasteiger partial charge in [-0.05, 0) is 61.2 Å². The largest absolute Gasteiger partial charge is 0.322 e. The first-order chi connectivity index (χ1) is 13.6. The van der Waals surface area contributed by atoms with Gasteiger partial charge in [0.05, 0.1) is 6.04 Å². The number of aromatic amines is 1. The highest BCUT2D eigenvalue weighted by Gasteiger charge is 2.32. The summed E-state index contributed by atoms with van der Waals surface area (Å²) in [5.41, 5.74) is 2.70.